The van der Waals surface area contributed by atoms with Crippen LogP contribution >= 0.6 is 0 Å². The summed E-state index contributed by atoms with van der Waals surface area (Å²) >= 11 is 0. The van der Waals surface area contributed by atoms with Crippen LogP contribution < -0.4 is 0 Å². The number of carbonyl (C=O) groups excluding carboxylic acids is 1. The van der Waals surface area contributed by atoms with Gasteiger partial charge in [-0.05, 0) is 37.6 Å². The highest BCUT2D eigenvalue weighted by Crippen LogP contribution is 2.25. The average Bonchev–Trinajstić information content (AvgIpc) is 3.07. The van der Waals surface area contributed by atoms with Crippen molar-refractivity contribution in [2.75, 3.05) is 20.1 Å². The predicted molar refractivity (Wildman–Crippen MR) is 88.8 cm³/mol. The Kier molecular flexibility index (Phi) is 5.15. The highest BCUT2D eigenvalue weighted by atomic mass is 19.1. The van der Waals surface area contributed by atoms with Crippen molar-refractivity contribution in [3.05, 3.63) is 53.7 Å². The number of amides is 1. The first-order chi connectivity index (χ1) is 12.0. The maximum atomic E-state index is 13.0. The van der Waals surface area contributed by atoms with Gasteiger partial charge in [0, 0.05) is 32.2 Å². The first kappa shape index (κ1) is 17.6. The molecule has 1 aliphatic rings. The highest BCUT2D eigenvalue weighted by Gasteiger charge is 2.42. The minimum atomic E-state index is -1.42. The highest BCUT2D eigenvalue weighted by molar-refractivity contribution is 5.86. The summed E-state index contributed by atoms with van der Waals surface area (Å²) in [6.45, 7) is 1.67. The van der Waals surface area contributed by atoms with Gasteiger partial charge in [-0.25, -0.2) is 4.39 Å². The number of hydrogen-bond acceptors (Lipinski definition) is 5. The molecule has 0 bridgehead atoms. The van der Waals surface area contributed by atoms with E-state index in [4.69, 9.17) is 4.52 Å². The summed E-state index contributed by atoms with van der Waals surface area (Å²) in [6.07, 6.45) is 2.64. The number of piperidine rings is 1. The number of aromatic nitrogens is 1. The van der Waals surface area contributed by atoms with Gasteiger partial charge in [-0.1, -0.05) is 17.3 Å². The van der Waals surface area contributed by atoms with Crippen molar-refractivity contribution in [2.45, 2.75) is 31.5 Å². The van der Waals surface area contributed by atoms with Crippen LogP contribution in [0.3, 0.4) is 0 Å². The molecular formula is C18H22FN3O3. The molecule has 1 aromatic carbocycles. The summed E-state index contributed by atoms with van der Waals surface area (Å²) in [5, 5.41) is 14.7. The van der Waals surface area contributed by atoms with Gasteiger partial charge in [-0.2, -0.15) is 0 Å². The van der Waals surface area contributed by atoms with Crippen LogP contribution in [0.15, 0.2) is 41.1 Å². The summed E-state index contributed by atoms with van der Waals surface area (Å²) < 4.78 is 17.8. The van der Waals surface area contributed by atoms with Gasteiger partial charge < -0.3 is 14.5 Å². The van der Waals surface area contributed by atoms with Crippen LogP contribution in [-0.4, -0.2) is 51.7 Å². The van der Waals surface area contributed by atoms with Crippen molar-refractivity contribution in [2.24, 2.45) is 0 Å². The molecule has 0 aliphatic carbocycles. The fraction of sp³-hybridized carbons (Fsp3) is 0.444. The second kappa shape index (κ2) is 7.33. The molecule has 6 nitrogen and oxygen atoms in total. The normalized spacial score (nSPS) is 21.1. The molecule has 0 spiro atoms. The first-order valence-corrected chi connectivity index (χ1v) is 8.30. The molecule has 1 saturated heterocycles. The van der Waals surface area contributed by atoms with Crippen molar-refractivity contribution < 1.29 is 18.8 Å². The maximum Gasteiger partial charge on any atom is 0.256 e. The van der Waals surface area contributed by atoms with E-state index in [1.165, 1.54) is 18.4 Å². The Labute approximate surface area is 145 Å². The smallest absolute Gasteiger partial charge is 0.256 e. The van der Waals surface area contributed by atoms with Crippen molar-refractivity contribution in [1.29, 1.82) is 0 Å². The Morgan fingerprint density at radius 2 is 2.12 bits per heavy atom. The molecule has 134 valence electrons. The zero-order valence-corrected chi connectivity index (χ0v) is 14.2. The molecule has 1 N–H and O–H groups in total. The quantitative estimate of drug-likeness (QED) is 0.863. The van der Waals surface area contributed by atoms with E-state index in [0.717, 1.165) is 17.7 Å². The number of halogens is 1. The van der Waals surface area contributed by atoms with Crippen LogP contribution in [0.1, 0.15) is 24.1 Å². The second-order valence-electron chi connectivity index (χ2n) is 6.65. The van der Waals surface area contributed by atoms with Gasteiger partial charge in [0.25, 0.3) is 5.91 Å². The van der Waals surface area contributed by atoms with Crippen molar-refractivity contribution in [3.8, 4) is 0 Å². The van der Waals surface area contributed by atoms with Crippen LogP contribution in [-0.2, 0) is 17.9 Å². The lowest BCUT2D eigenvalue weighted by atomic mass is 9.90. The Bertz CT molecular complexity index is 705. The molecule has 3 rings (SSSR count). The van der Waals surface area contributed by atoms with E-state index in [1.807, 2.05) is 11.9 Å². The fourth-order valence-corrected chi connectivity index (χ4v) is 3.27. The van der Waals surface area contributed by atoms with E-state index in [9.17, 15) is 14.3 Å². The maximum absolute atomic E-state index is 13.0. The van der Waals surface area contributed by atoms with E-state index >= 15 is 0 Å². The van der Waals surface area contributed by atoms with Gasteiger partial charge in [0.1, 0.15) is 12.1 Å². The van der Waals surface area contributed by atoms with Crippen LogP contribution in [0, 0.1) is 5.82 Å². The second-order valence-corrected chi connectivity index (χ2v) is 6.65. The summed E-state index contributed by atoms with van der Waals surface area (Å²) in [7, 11) is 1.83. The molecule has 0 saturated carbocycles. The molecule has 0 radical (unpaired) electrons. The predicted octanol–water partition coefficient (Wildman–Crippen LogP) is 1.80. The molecule has 2 aromatic rings. The topological polar surface area (TPSA) is 69.8 Å². The van der Waals surface area contributed by atoms with Crippen molar-refractivity contribution >= 4 is 5.91 Å². The molecule has 1 atom stereocenters. The standard InChI is InChI=1S/C18H22FN3O3/c1-21(12-16-7-10-25-20-16)13-18(24)8-2-9-22(17(18)23)11-14-3-5-15(19)6-4-14/h3-7,10,24H,2,8-9,11-13H2,1H3/t18-/m1/s1. The lowest BCUT2D eigenvalue weighted by molar-refractivity contribution is -0.160. The Hall–Kier alpha value is -2.25. The molecule has 1 aromatic heterocycles. The molecule has 2 heterocycles. The third kappa shape index (κ3) is 4.24. The van der Waals surface area contributed by atoms with E-state index < -0.39 is 5.60 Å². The molecule has 1 amide bonds. The van der Waals surface area contributed by atoms with Gasteiger partial charge >= 0.3 is 0 Å². The lowest BCUT2D eigenvalue weighted by Crippen LogP contribution is -2.57. The van der Waals surface area contributed by atoms with E-state index in [1.54, 1.807) is 23.1 Å². The monoisotopic (exact) mass is 347 g/mol. The average molecular weight is 347 g/mol. The first-order valence-electron chi connectivity index (χ1n) is 8.30. The van der Waals surface area contributed by atoms with Gasteiger partial charge in [0.05, 0.1) is 5.69 Å². The lowest BCUT2D eigenvalue weighted by Gasteiger charge is -2.40. The number of hydrogen-bond donors (Lipinski definition) is 1. The van der Waals surface area contributed by atoms with Gasteiger partial charge in [-0.15, -0.1) is 0 Å². The summed E-state index contributed by atoms with van der Waals surface area (Å²) in [6, 6.07) is 7.83. The number of rotatable bonds is 6. The zero-order valence-electron chi connectivity index (χ0n) is 14.2. The number of likely N-dealkylation sites (tertiary alicyclic amines) is 1. The van der Waals surface area contributed by atoms with Gasteiger partial charge in [-0.3, -0.25) is 9.69 Å². The third-order valence-electron chi connectivity index (χ3n) is 4.45. The molecule has 1 aliphatic heterocycles. The molecule has 7 heteroatoms. The number of carbonyl (C=O) groups is 1. The van der Waals surface area contributed by atoms with Gasteiger partial charge in [0.15, 0.2) is 5.60 Å². The number of nitrogens with zero attached hydrogens (tertiary/aromatic N) is 3. The third-order valence-corrected chi connectivity index (χ3v) is 4.45. The van der Waals surface area contributed by atoms with E-state index in [-0.39, 0.29) is 18.3 Å². The SMILES string of the molecule is CN(Cc1ccon1)C[C@]1(O)CCCN(Cc2ccc(F)cc2)C1=O. The Morgan fingerprint density at radius 1 is 1.36 bits per heavy atom. The molecule has 25 heavy (non-hydrogen) atoms. The number of benzene rings is 1. The van der Waals surface area contributed by atoms with Crippen LogP contribution in [0.2, 0.25) is 0 Å². The van der Waals surface area contributed by atoms with E-state index in [2.05, 4.69) is 5.16 Å². The largest absolute Gasteiger partial charge is 0.379 e. The summed E-state index contributed by atoms with van der Waals surface area (Å²) in [5.41, 5.74) is 0.170. The Balaban J connectivity index is 1.64. The minimum Gasteiger partial charge on any atom is -0.379 e. The van der Waals surface area contributed by atoms with E-state index in [0.29, 0.717) is 26.1 Å². The van der Waals surface area contributed by atoms with Crippen LogP contribution in [0.5, 0.6) is 0 Å². The molecular weight excluding hydrogens is 325 g/mol. The summed E-state index contributed by atoms with van der Waals surface area (Å²) in [5.74, 6) is -0.588. The van der Waals surface area contributed by atoms with Crippen molar-refractivity contribution in [3.63, 3.8) is 0 Å². The zero-order chi connectivity index (χ0) is 17.9. The van der Waals surface area contributed by atoms with Crippen molar-refractivity contribution in [1.82, 2.24) is 15.0 Å². The van der Waals surface area contributed by atoms with Gasteiger partial charge in [0.2, 0.25) is 0 Å². The number of likely N-dealkylation sites (N-methyl/N-ethyl adjacent to an activating group) is 1. The minimum absolute atomic E-state index is 0.221. The number of aliphatic hydroxyl groups is 1. The molecule has 1 fully saturated rings. The summed E-state index contributed by atoms with van der Waals surface area (Å²) in [4.78, 5) is 16.3. The fourth-order valence-electron chi connectivity index (χ4n) is 3.27. The van der Waals surface area contributed by atoms with Crippen LogP contribution in [0.25, 0.3) is 0 Å². The molecule has 0 unspecified atom stereocenters. The Morgan fingerprint density at radius 3 is 2.80 bits per heavy atom. The van der Waals surface area contributed by atoms with Crippen LogP contribution in [0.4, 0.5) is 4.39 Å².